The highest BCUT2D eigenvalue weighted by Crippen LogP contribution is 2.53. The van der Waals surface area contributed by atoms with Gasteiger partial charge in [-0.15, -0.1) is 10.2 Å². The monoisotopic (exact) mass is 456 g/mol. The van der Waals surface area contributed by atoms with E-state index in [9.17, 15) is 0 Å². The predicted molar refractivity (Wildman–Crippen MR) is 122 cm³/mol. The Hall–Kier alpha value is -1.90. The summed E-state index contributed by atoms with van der Waals surface area (Å²) in [7, 11) is 0. The minimum atomic E-state index is 0.0250. The van der Waals surface area contributed by atoms with E-state index < -0.39 is 0 Å². The molecule has 3 aromatic rings. The molecule has 4 heterocycles. The lowest BCUT2D eigenvalue weighted by Gasteiger charge is -2.28. The number of hydrogen-bond acceptors (Lipinski definition) is 6. The maximum atomic E-state index is 6.91. The Morgan fingerprint density at radius 2 is 1.87 bits per heavy atom. The van der Waals surface area contributed by atoms with Gasteiger partial charge in [-0.3, -0.25) is 5.01 Å². The van der Waals surface area contributed by atoms with Crippen LogP contribution in [0.4, 0.5) is 0 Å². The van der Waals surface area contributed by atoms with Crippen molar-refractivity contribution >= 4 is 35.1 Å². The van der Waals surface area contributed by atoms with E-state index in [0.29, 0.717) is 11.1 Å². The lowest BCUT2D eigenvalue weighted by molar-refractivity contribution is 0.411. The molecule has 0 radical (unpaired) electrons. The Labute approximate surface area is 188 Å². The molecule has 0 N–H and O–H groups in total. The molecule has 0 saturated heterocycles. The van der Waals surface area contributed by atoms with Gasteiger partial charge in [0.15, 0.2) is 5.82 Å². The first-order valence-electron chi connectivity index (χ1n) is 10.3. The molecule has 6 rings (SSSR count). The van der Waals surface area contributed by atoms with Crippen molar-refractivity contribution in [3.8, 4) is 5.69 Å². The molecular weight excluding hydrogens is 436 g/mol. The Balaban J connectivity index is 1.41. The number of aromatic nitrogens is 5. The third-order valence-electron chi connectivity index (χ3n) is 6.06. The highest BCUT2D eigenvalue weighted by molar-refractivity contribution is 8.07. The molecule has 2 aromatic heterocycles. The average Bonchev–Trinajstić information content (AvgIpc) is 3.50. The lowest BCUT2D eigenvalue weighted by atomic mass is 9.89. The Morgan fingerprint density at radius 1 is 1.07 bits per heavy atom. The van der Waals surface area contributed by atoms with E-state index in [0.717, 1.165) is 27.9 Å². The molecule has 1 aliphatic carbocycles. The molecule has 1 fully saturated rings. The third-order valence-corrected chi connectivity index (χ3v) is 8.58. The number of hydrogen-bond donors (Lipinski definition) is 0. The van der Waals surface area contributed by atoms with Crippen LogP contribution < -0.4 is 5.01 Å². The van der Waals surface area contributed by atoms with Crippen molar-refractivity contribution in [1.82, 2.24) is 24.7 Å². The highest BCUT2D eigenvalue weighted by atomic mass is 35.5. The van der Waals surface area contributed by atoms with E-state index in [4.69, 9.17) is 16.7 Å². The second-order valence-electron chi connectivity index (χ2n) is 7.92. The van der Waals surface area contributed by atoms with Gasteiger partial charge in [-0.2, -0.15) is 5.10 Å². The Kier molecular flexibility index (Phi) is 4.62. The largest absolute Gasteiger partial charge is 0.252 e. The number of benzene rings is 1. The van der Waals surface area contributed by atoms with Crippen molar-refractivity contribution < 1.29 is 0 Å². The summed E-state index contributed by atoms with van der Waals surface area (Å²) in [6, 6.07) is 10.1. The first-order chi connectivity index (χ1) is 14.7. The van der Waals surface area contributed by atoms with E-state index in [1.165, 1.54) is 37.1 Å². The summed E-state index contributed by atoms with van der Waals surface area (Å²) < 4.78 is 4.08. The summed E-state index contributed by atoms with van der Waals surface area (Å²) in [6.45, 7) is 2.04. The van der Waals surface area contributed by atoms with Gasteiger partial charge < -0.3 is 0 Å². The van der Waals surface area contributed by atoms with Crippen LogP contribution in [-0.2, 0) is 0 Å². The van der Waals surface area contributed by atoms with Gasteiger partial charge in [0, 0.05) is 16.9 Å². The summed E-state index contributed by atoms with van der Waals surface area (Å²) in [5, 5.41) is 21.3. The van der Waals surface area contributed by atoms with E-state index in [1.807, 2.05) is 41.9 Å². The molecule has 9 heteroatoms. The van der Waals surface area contributed by atoms with Crippen molar-refractivity contribution in [3.05, 3.63) is 63.0 Å². The zero-order valence-corrected chi connectivity index (χ0v) is 18.9. The van der Waals surface area contributed by atoms with Crippen LogP contribution >= 0.6 is 35.1 Å². The number of para-hydroxylation sites is 1. The summed E-state index contributed by atoms with van der Waals surface area (Å²) in [5.74, 6) is 1.58. The molecule has 1 saturated carbocycles. The van der Waals surface area contributed by atoms with Crippen molar-refractivity contribution in [1.29, 1.82) is 0 Å². The first-order valence-corrected chi connectivity index (χ1v) is 12.4. The normalized spacial score (nSPS) is 21.1. The molecule has 154 valence electrons. The maximum Gasteiger partial charge on any atom is 0.216 e. The molecule has 0 amide bonds. The fraction of sp³-hybridized carbons (Fsp3) is 0.381. The zero-order valence-electron chi connectivity index (χ0n) is 16.5. The number of nitrogens with zero attached hydrogens (tertiary/aromatic N) is 6. The molecule has 0 bridgehead atoms. The second-order valence-corrected chi connectivity index (χ2v) is 10.2. The third kappa shape index (κ3) is 2.84. The summed E-state index contributed by atoms with van der Waals surface area (Å²) in [4.78, 5) is 0. The maximum absolute atomic E-state index is 6.91. The summed E-state index contributed by atoms with van der Waals surface area (Å²) >= 11 is 10.4. The summed E-state index contributed by atoms with van der Waals surface area (Å²) in [5.41, 5.74) is 2.96. The molecular formula is C21H21ClN6S2. The van der Waals surface area contributed by atoms with Crippen LogP contribution in [0.2, 0.25) is 5.15 Å². The van der Waals surface area contributed by atoms with Crippen LogP contribution in [0.5, 0.6) is 0 Å². The molecule has 3 aliphatic rings. The van der Waals surface area contributed by atoms with Crippen molar-refractivity contribution in [2.45, 2.75) is 55.5 Å². The minimum absolute atomic E-state index is 0.0250. The van der Waals surface area contributed by atoms with Gasteiger partial charge in [0.25, 0.3) is 0 Å². The van der Waals surface area contributed by atoms with Crippen LogP contribution in [0.25, 0.3) is 5.69 Å². The second kappa shape index (κ2) is 7.35. The van der Waals surface area contributed by atoms with Gasteiger partial charge in [0.05, 0.1) is 11.4 Å². The van der Waals surface area contributed by atoms with Crippen molar-refractivity contribution in [3.63, 3.8) is 0 Å². The van der Waals surface area contributed by atoms with Crippen LogP contribution in [0.3, 0.4) is 0 Å². The number of rotatable bonds is 3. The zero-order chi connectivity index (χ0) is 20.2. The standard InChI is InChI=1S/C21H21ClN6S2/c1-13-17(18(22)26(25-13)15-10-6-3-7-11-15)20-27-16(12-29-20)30-21-24-23-19(28(21)27)14-8-4-2-5-9-14/h3,6-7,10-12,14,20H,2,4-5,8-9H2,1H3. The molecule has 1 atom stereocenters. The van der Waals surface area contributed by atoms with E-state index in [2.05, 4.69) is 25.3 Å². The number of fused-ring (bicyclic) bond motifs is 3. The summed E-state index contributed by atoms with van der Waals surface area (Å²) in [6.07, 6.45) is 6.26. The Bertz CT molecular complexity index is 1130. The van der Waals surface area contributed by atoms with E-state index in [-0.39, 0.29) is 5.37 Å². The number of halogens is 1. The van der Waals surface area contributed by atoms with Gasteiger partial charge >= 0.3 is 0 Å². The van der Waals surface area contributed by atoms with Gasteiger partial charge in [-0.1, -0.05) is 60.8 Å². The number of thioether (sulfide) groups is 2. The van der Waals surface area contributed by atoms with E-state index in [1.54, 1.807) is 23.5 Å². The fourth-order valence-electron chi connectivity index (χ4n) is 4.60. The first kappa shape index (κ1) is 18.8. The van der Waals surface area contributed by atoms with E-state index >= 15 is 0 Å². The van der Waals surface area contributed by atoms with Crippen molar-refractivity contribution in [2.24, 2.45) is 0 Å². The van der Waals surface area contributed by atoms with Crippen LogP contribution in [0, 0.1) is 6.92 Å². The predicted octanol–water partition coefficient (Wildman–Crippen LogP) is 5.76. The minimum Gasteiger partial charge on any atom is -0.252 e. The van der Waals surface area contributed by atoms with Gasteiger partial charge in [-0.05, 0) is 43.7 Å². The van der Waals surface area contributed by atoms with Gasteiger partial charge in [0.2, 0.25) is 5.16 Å². The fourth-order valence-corrected chi connectivity index (χ4v) is 7.38. The van der Waals surface area contributed by atoms with Gasteiger partial charge in [0.1, 0.15) is 15.6 Å². The topological polar surface area (TPSA) is 51.8 Å². The van der Waals surface area contributed by atoms with Crippen LogP contribution in [0.15, 0.2) is 45.9 Å². The smallest absolute Gasteiger partial charge is 0.216 e. The highest BCUT2D eigenvalue weighted by Gasteiger charge is 2.43. The van der Waals surface area contributed by atoms with Gasteiger partial charge in [-0.25, -0.2) is 9.36 Å². The lowest BCUT2D eigenvalue weighted by Crippen LogP contribution is -2.32. The van der Waals surface area contributed by atoms with Crippen LogP contribution in [0.1, 0.15) is 60.5 Å². The molecule has 2 aliphatic heterocycles. The molecule has 1 unspecified atom stereocenters. The SMILES string of the molecule is Cc1nn(-c2ccccc2)c(Cl)c1C1SC=C2Sc3nnc(C4CCCCC4)n3N21. The number of aryl methyl sites for hydroxylation is 1. The quantitative estimate of drug-likeness (QED) is 0.499. The van der Waals surface area contributed by atoms with Crippen molar-refractivity contribution in [2.75, 3.05) is 5.01 Å². The molecule has 0 spiro atoms. The molecule has 1 aromatic carbocycles. The molecule has 30 heavy (non-hydrogen) atoms. The molecule has 6 nitrogen and oxygen atoms in total. The average molecular weight is 457 g/mol. The Morgan fingerprint density at radius 3 is 2.67 bits per heavy atom. The van der Waals surface area contributed by atoms with Crippen LogP contribution in [-0.4, -0.2) is 24.7 Å².